The molecule has 0 saturated carbocycles. The lowest BCUT2D eigenvalue weighted by atomic mass is 9.83. The van der Waals surface area contributed by atoms with Crippen molar-refractivity contribution in [1.82, 2.24) is 9.88 Å². The number of nitrogens with zero attached hydrogens (tertiary/aromatic N) is 1. The van der Waals surface area contributed by atoms with E-state index in [0.717, 1.165) is 17.7 Å². The molecular formula is C26H28F3N3O2. The fraction of sp³-hybridized carbons (Fsp3) is 0.308. The number of benzene rings is 2. The Morgan fingerprint density at radius 2 is 1.76 bits per heavy atom. The SMILES string of the molecule is CN(Cc1ccc(NC2Cc3ccccc3C2(C)C)cc1)C(=O)c1cc[nH]c(=O)c1.FC(F)F. The lowest BCUT2D eigenvalue weighted by Crippen LogP contribution is -2.36. The Balaban J connectivity index is 0.000000751. The summed E-state index contributed by atoms with van der Waals surface area (Å²) in [6.45, 7) is 1.40. The Morgan fingerprint density at radius 3 is 2.38 bits per heavy atom. The summed E-state index contributed by atoms with van der Waals surface area (Å²) in [6.07, 6.45) is 2.51. The third-order valence-electron chi connectivity index (χ3n) is 6.09. The van der Waals surface area contributed by atoms with Crippen molar-refractivity contribution in [3.05, 3.63) is 99.5 Å². The molecule has 1 aromatic heterocycles. The minimum Gasteiger partial charge on any atom is -0.381 e. The van der Waals surface area contributed by atoms with Crippen LogP contribution in [0.5, 0.6) is 0 Å². The van der Waals surface area contributed by atoms with Crippen LogP contribution in [0.15, 0.2) is 71.7 Å². The summed E-state index contributed by atoms with van der Waals surface area (Å²) in [7, 11) is 1.74. The van der Waals surface area contributed by atoms with Gasteiger partial charge in [0.2, 0.25) is 5.56 Å². The Morgan fingerprint density at radius 1 is 1.12 bits per heavy atom. The van der Waals surface area contributed by atoms with Gasteiger partial charge in [0, 0.05) is 48.6 Å². The van der Waals surface area contributed by atoms with Gasteiger partial charge in [-0.05, 0) is 41.3 Å². The highest BCUT2D eigenvalue weighted by molar-refractivity contribution is 5.93. The lowest BCUT2D eigenvalue weighted by molar-refractivity contribution is 0.00818. The molecule has 3 aromatic rings. The smallest absolute Gasteiger partial charge is 0.379 e. The van der Waals surface area contributed by atoms with E-state index in [0.29, 0.717) is 18.2 Å². The quantitative estimate of drug-likeness (QED) is 0.542. The van der Waals surface area contributed by atoms with Gasteiger partial charge in [-0.15, -0.1) is 0 Å². The second-order valence-corrected chi connectivity index (χ2v) is 8.83. The number of carbonyl (C=O) groups is 1. The van der Waals surface area contributed by atoms with Gasteiger partial charge >= 0.3 is 6.68 Å². The van der Waals surface area contributed by atoms with Gasteiger partial charge in [0.1, 0.15) is 0 Å². The topological polar surface area (TPSA) is 65.2 Å². The Labute approximate surface area is 196 Å². The zero-order valence-corrected chi connectivity index (χ0v) is 19.3. The Hall–Kier alpha value is -3.55. The van der Waals surface area contributed by atoms with Crippen LogP contribution in [0.2, 0.25) is 0 Å². The minimum atomic E-state index is -3.67. The van der Waals surface area contributed by atoms with E-state index in [4.69, 9.17) is 0 Å². The highest BCUT2D eigenvalue weighted by atomic mass is 19.4. The molecule has 34 heavy (non-hydrogen) atoms. The van der Waals surface area contributed by atoms with E-state index in [9.17, 15) is 22.8 Å². The van der Waals surface area contributed by atoms with Gasteiger partial charge < -0.3 is 15.2 Å². The van der Waals surface area contributed by atoms with Crippen molar-refractivity contribution in [3.8, 4) is 0 Å². The molecule has 1 unspecified atom stereocenters. The van der Waals surface area contributed by atoms with Crippen molar-refractivity contribution in [2.24, 2.45) is 0 Å². The van der Waals surface area contributed by atoms with Gasteiger partial charge in [-0.2, -0.15) is 13.2 Å². The molecule has 1 atom stereocenters. The van der Waals surface area contributed by atoms with Gasteiger partial charge in [-0.25, -0.2) is 0 Å². The summed E-state index contributed by atoms with van der Waals surface area (Å²) in [5, 5.41) is 3.69. The molecule has 2 N–H and O–H groups in total. The molecule has 8 heteroatoms. The largest absolute Gasteiger partial charge is 0.381 e. The average molecular weight is 472 g/mol. The summed E-state index contributed by atoms with van der Waals surface area (Å²) in [5.74, 6) is -0.172. The summed E-state index contributed by atoms with van der Waals surface area (Å²) in [6, 6.07) is 20.2. The van der Waals surface area contributed by atoms with Gasteiger partial charge in [0.15, 0.2) is 0 Å². The molecule has 0 aliphatic heterocycles. The molecular weight excluding hydrogens is 443 g/mol. The number of hydrogen-bond acceptors (Lipinski definition) is 3. The number of halogens is 3. The predicted molar refractivity (Wildman–Crippen MR) is 127 cm³/mol. The highest BCUT2D eigenvalue weighted by Crippen LogP contribution is 2.39. The van der Waals surface area contributed by atoms with Crippen LogP contribution in [0.3, 0.4) is 0 Å². The Kier molecular flexibility index (Phi) is 7.81. The monoisotopic (exact) mass is 471 g/mol. The van der Waals surface area contributed by atoms with Crippen LogP contribution >= 0.6 is 0 Å². The first-order valence-corrected chi connectivity index (χ1v) is 10.9. The van der Waals surface area contributed by atoms with Crippen LogP contribution in [-0.2, 0) is 18.4 Å². The molecule has 0 fully saturated rings. The first kappa shape index (κ1) is 25.1. The van der Waals surface area contributed by atoms with Crippen molar-refractivity contribution in [3.63, 3.8) is 0 Å². The number of aromatic amines is 1. The molecule has 0 radical (unpaired) electrons. The van der Waals surface area contributed by atoms with E-state index in [1.165, 1.54) is 23.4 Å². The number of nitrogens with one attached hydrogen (secondary N) is 2. The number of H-pyrrole nitrogens is 1. The minimum absolute atomic E-state index is 0.0649. The predicted octanol–water partition coefficient (Wildman–Crippen LogP) is 5.14. The number of rotatable bonds is 5. The fourth-order valence-corrected chi connectivity index (χ4v) is 4.27. The van der Waals surface area contributed by atoms with Gasteiger partial charge in [-0.1, -0.05) is 50.2 Å². The number of hydrogen-bond donors (Lipinski definition) is 2. The first-order valence-electron chi connectivity index (χ1n) is 10.9. The van der Waals surface area contributed by atoms with Gasteiger partial charge in [0.25, 0.3) is 5.91 Å². The number of fused-ring (bicyclic) bond motifs is 1. The van der Waals surface area contributed by atoms with E-state index in [1.807, 2.05) is 12.1 Å². The molecule has 0 spiro atoms. The number of alkyl halides is 3. The van der Waals surface area contributed by atoms with Crippen LogP contribution in [0, 0.1) is 0 Å². The molecule has 4 rings (SSSR count). The van der Waals surface area contributed by atoms with Crippen molar-refractivity contribution >= 4 is 11.6 Å². The number of carbonyl (C=O) groups excluding carboxylic acids is 1. The fourth-order valence-electron chi connectivity index (χ4n) is 4.27. The zero-order valence-electron chi connectivity index (χ0n) is 19.3. The summed E-state index contributed by atoms with van der Waals surface area (Å²) in [5.41, 5.74) is 5.12. The molecule has 1 aliphatic rings. The van der Waals surface area contributed by atoms with E-state index in [1.54, 1.807) is 18.0 Å². The molecule has 1 amide bonds. The van der Waals surface area contributed by atoms with Gasteiger partial charge in [-0.3, -0.25) is 9.59 Å². The maximum absolute atomic E-state index is 12.5. The number of pyridine rings is 1. The molecule has 1 heterocycles. The zero-order chi connectivity index (χ0) is 24.9. The van der Waals surface area contributed by atoms with E-state index >= 15 is 0 Å². The second kappa shape index (κ2) is 10.6. The van der Waals surface area contributed by atoms with Crippen LogP contribution in [0.25, 0.3) is 0 Å². The molecule has 0 saturated heterocycles. The molecule has 2 aromatic carbocycles. The maximum Gasteiger partial charge on any atom is 0.379 e. The van der Waals surface area contributed by atoms with Crippen LogP contribution in [0.4, 0.5) is 18.9 Å². The summed E-state index contributed by atoms with van der Waals surface area (Å²) < 4.78 is 29.0. The molecule has 1 aliphatic carbocycles. The van der Waals surface area contributed by atoms with Crippen molar-refractivity contribution in [2.45, 2.75) is 44.9 Å². The first-order chi connectivity index (χ1) is 16.1. The van der Waals surface area contributed by atoms with Crippen LogP contribution < -0.4 is 10.9 Å². The summed E-state index contributed by atoms with van der Waals surface area (Å²) >= 11 is 0. The maximum atomic E-state index is 12.5. The van der Waals surface area contributed by atoms with E-state index in [2.05, 4.69) is 60.5 Å². The number of amides is 1. The van der Waals surface area contributed by atoms with Crippen molar-refractivity contribution in [1.29, 1.82) is 0 Å². The van der Waals surface area contributed by atoms with Crippen LogP contribution in [0.1, 0.15) is 40.9 Å². The normalized spacial score (nSPS) is 15.8. The van der Waals surface area contributed by atoms with Crippen molar-refractivity contribution < 1.29 is 18.0 Å². The molecule has 180 valence electrons. The standard InChI is InChI=1S/C25H27N3O2.CHF3/c1-25(2)21-7-5-4-6-18(21)14-22(25)27-20-10-8-17(9-11-20)16-28(3)24(30)19-12-13-26-23(29)15-19;2-1(3)4/h4-13,15,22,27H,14,16H2,1-3H3,(H,26,29);1H. The third kappa shape index (κ3) is 6.07. The summed E-state index contributed by atoms with van der Waals surface area (Å²) in [4.78, 5) is 28.1. The molecule has 5 nitrogen and oxygen atoms in total. The van der Waals surface area contributed by atoms with E-state index in [-0.39, 0.29) is 16.9 Å². The van der Waals surface area contributed by atoms with Crippen LogP contribution in [-0.4, -0.2) is 35.6 Å². The Bertz CT molecular complexity index is 1170. The number of anilines is 1. The average Bonchev–Trinajstić information content (AvgIpc) is 3.04. The van der Waals surface area contributed by atoms with E-state index < -0.39 is 6.68 Å². The van der Waals surface area contributed by atoms with Crippen molar-refractivity contribution in [2.75, 3.05) is 12.4 Å². The lowest BCUT2D eigenvalue weighted by Gasteiger charge is -2.30. The highest BCUT2D eigenvalue weighted by Gasteiger charge is 2.38. The second-order valence-electron chi connectivity index (χ2n) is 8.83. The molecule has 0 bridgehead atoms. The number of aromatic nitrogens is 1. The van der Waals surface area contributed by atoms with Gasteiger partial charge in [0.05, 0.1) is 0 Å². The third-order valence-corrected chi connectivity index (χ3v) is 6.09.